The van der Waals surface area contributed by atoms with E-state index >= 15 is 0 Å². The molecule has 4 heterocycles. The molecule has 0 aliphatic carbocycles. The van der Waals surface area contributed by atoms with E-state index in [0.717, 1.165) is 23.2 Å². The molecule has 0 spiro atoms. The van der Waals surface area contributed by atoms with Crippen LogP contribution >= 0.6 is 11.6 Å². The van der Waals surface area contributed by atoms with E-state index in [1.54, 1.807) is 23.0 Å². The van der Waals surface area contributed by atoms with Gasteiger partial charge in [0.15, 0.2) is 11.3 Å². The number of H-pyrrole nitrogens is 1. The zero-order valence-electron chi connectivity index (χ0n) is 16.1. The van der Waals surface area contributed by atoms with Crippen LogP contribution in [0, 0.1) is 6.92 Å². The van der Waals surface area contributed by atoms with Crippen LogP contribution in [-0.4, -0.2) is 42.1 Å². The van der Waals surface area contributed by atoms with E-state index in [0.29, 0.717) is 22.9 Å². The molecule has 1 unspecified atom stereocenters. The highest BCUT2D eigenvalue weighted by Crippen LogP contribution is 2.38. The third kappa shape index (κ3) is 2.89. The molecular formula is C21H19ClN6O. The van der Waals surface area contributed by atoms with Crippen molar-refractivity contribution < 1.29 is 4.79 Å². The van der Waals surface area contributed by atoms with Gasteiger partial charge in [0.1, 0.15) is 0 Å². The number of amides is 1. The van der Waals surface area contributed by atoms with Gasteiger partial charge in [0.25, 0.3) is 5.91 Å². The summed E-state index contributed by atoms with van der Waals surface area (Å²) in [4.78, 5) is 19.4. The van der Waals surface area contributed by atoms with Gasteiger partial charge in [0.2, 0.25) is 0 Å². The highest BCUT2D eigenvalue weighted by molar-refractivity contribution is 6.30. The lowest BCUT2D eigenvalue weighted by Gasteiger charge is -2.36. The van der Waals surface area contributed by atoms with E-state index in [2.05, 4.69) is 45.4 Å². The molecule has 146 valence electrons. The summed E-state index contributed by atoms with van der Waals surface area (Å²) >= 11 is 5.99. The van der Waals surface area contributed by atoms with Crippen molar-refractivity contribution in [3.63, 3.8) is 0 Å². The average molecular weight is 407 g/mol. The number of carbonyl (C=O) groups is 1. The Morgan fingerprint density at radius 3 is 2.97 bits per heavy atom. The maximum atomic E-state index is 13.3. The predicted molar refractivity (Wildman–Crippen MR) is 110 cm³/mol. The fourth-order valence-corrected chi connectivity index (χ4v) is 4.30. The van der Waals surface area contributed by atoms with Crippen LogP contribution in [0.2, 0.25) is 5.02 Å². The van der Waals surface area contributed by atoms with Crippen LogP contribution in [0.4, 0.5) is 0 Å². The van der Waals surface area contributed by atoms with E-state index in [1.165, 1.54) is 11.1 Å². The second kappa shape index (κ2) is 6.70. The molecule has 1 amide bonds. The van der Waals surface area contributed by atoms with Crippen molar-refractivity contribution >= 4 is 23.2 Å². The minimum Gasteiger partial charge on any atom is -0.330 e. The molecule has 1 aliphatic rings. The van der Waals surface area contributed by atoms with Gasteiger partial charge in [0.05, 0.1) is 23.0 Å². The summed E-state index contributed by atoms with van der Waals surface area (Å²) in [6.45, 7) is 4.69. The first-order valence-electron chi connectivity index (χ1n) is 9.47. The van der Waals surface area contributed by atoms with Crippen LogP contribution < -0.4 is 0 Å². The molecule has 1 aliphatic heterocycles. The average Bonchev–Trinajstić information content (AvgIpc) is 3.33. The van der Waals surface area contributed by atoms with E-state index in [-0.39, 0.29) is 11.9 Å². The molecule has 1 N–H and O–H groups in total. The lowest BCUT2D eigenvalue weighted by molar-refractivity contribution is 0.0672. The van der Waals surface area contributed by atoms with E-state index in [1.807, 2.05) is 18.0 Å². The van der Waals surface area contributed by atoms with Crippen molar-refractivity contribution in [1.29, 1.82) is 0 Å². The van der Waals surface area contributed by atoms with Crippen molar-refractivity contribution in [1.82, 2.24) is 29.7 Å². The first kappa shape index (κ1) is 17.9. The summed E-state index contributed by atoms with van der Waals surface area (Å²) < 4.78 is 1.54. The van der Waals surface area contributed by atoms with Crippen molar-refractivity contribution in [3.8, 4) is 11.1 Å². The maximum Gasteiger partial charge on any atom is 0.274 e. The van der Waals surface area contributed by atoms with Gasteiger partial charge >= 0.3 is 0 Å². The van der Waals surface area contributed by atoms with Gasteiger partial charge in [-0.3, -0.25) is 9.89 Å². The summed E-state index contributed by atoms with van der Waals surface area (Å²) in [5.41, 5.74) is 6.52. The van der Waals surface area contributed by atoms with Gasteiger partial charge in [-0.25, -0.2) is 9.50 Å². The molecule has 0 saturated heterocycles. The van der Waals surface area contributed by atoms with Crippen molar-refractivity contribution in [3.05, 3.63) is 70.4 Å². The fraction of sp³-hybridized carbons (Fsp3) is 0.238. The smallest absolute Gasteiger partial charge is 0.274 e. The second-order valence-electron chi connectivity index (χ2n) is 7.29. The number of nitrogens with zero attached hydrogens (tertiary/aromatic N) is 5. The fourth-order valence-electron chi connectivity index (χ4n) is 4.16. The minimum atomic E-state index is -0.108. The zero-order chi connectivity index (χ0) is 20.1. The van der Waals surface area contributed by atoms with Gasteiger partial charge < -0.3 is 4.90 Å². The Labute approximate surface area is 172 Å². The first-order valence-corrected chi connectivity index (χ1v) is 9.85. The normalized spacial score (nSPS) is 16.2. The molecule has 3 aromatic heterocycles. The number of hydrogen-bond acceptors (Lipinski definition) is 4. The predicted octanol–water partition coefficient (Wildman–Crippen LogP) is 3.84. The molecule has 7 nitrogen and oxygen atoms in total. The molecule has 8 heteroatoms. The van der Waals surface area contributed by atoms with Gasteiger partial charge in [-0.1, -0.05) is 29.8 Å². The molecule has 4 aromatic rings. The second-order valence-corrected chi connectivity index (χ2v) is 7.73. The topological polar surface area (TPSA) is 79.2 Å². The summed E-state index contributed by atoms with van der Waals surface area (Å²) in [7, 11) is 0. The molecule has 1 atom stereocenters. The molecule has 29 heavy (non-hydrogen) atoms. The number of aryl methyl sites for hydroxylation is 1. The summed E-state index contributed by atoms with van der Waals surface area (Å²) in [5, 5.41) is 12.1. The summed E-state index contributed by atoms with van der Waals surface area (Å²) in [6.07, 6.45) is 5.91. The number of carbonyl (C=O) groups excluding carboxylic acids is 1. The van der Waals surface area contributed by atoms with E-state index in [9.17, 15) is 4.79 Å². The Balaban J connectivity index is 1.54. The quantitative estimate of drug-likeness (QED) is 0.548. The van der Waals surface area contributed by atoms with Crippen molar-refractivity contribution in [2.75, 3.05) is 6.54 Å². The van der Waals surface area contributed by atoms with Crippen LogP contribution in [0.15, 0.2) is 42.9 Å². The molecule has 5 rings (SSSR count). The van der Waals surface area contributed by atoms with Crippen LogP contribution in [0.25, 0.3) is 16.8 Å². The summed E-state index contributed by atoms with van der Waals surface area (Å²) in [6, 6.07) is 7.93. The SMILES string of the molecule is Cc1n[nH]cc1-c1cccc2c1C(C)N(C(=O)c1cc3ncc(Cl)cn3n1)CC2. The molecule has 0 radical (unpaired) electrons. The highest BCUT2D eigenvalue weighted by Gasteiger charge is 2.32. The van der Waals surface area contributed by atoms with E-state index in [4.69, 9.17) is 11.6 Å². The molecule has 0 fully saturated rings. The Morgan fingerprint density at radius 2 is 2.17 bits per heavy atom. The zero-order valence-corrected chi connectivity index (χ0v) is 16.8. The Bertz CT molecular complexity index is 1240. The maximum absolute atomic E-state index is 13.3. The number of fused-ring (bicyclic) bond motifs is 2. The number of rotatable bonds is 2. The third-order valence-corrected chi connectivity index (χ3v) is 5.78. The number of nitrogens with one attached hydrogen (secondary N) is 1. The number of benzene rings is 1. The lowest BCUT2D eigenvalue weighted by Crippen LogP contribution is -2.39. The lowest BCUT2D eigenvalue weighted by atomic mass is 9.86. The number of hydrogen-bond donors (Lipinski definition) is 1. The van der Waals surface area contributed by atoms with Crippen LogP contribution in [0.3, 0.4) is 0 Å². The van der Waals surface area contributed by atoms with Crippen LogP contribution in [0.1, 0.15) is 40.3 Å². The Morgan fingerprint density at radius 1 is 1.31 bits per heavy atom. The molecular weight excluding hydrogens is 388 g/mol. The Hall–Kier alpha value is -3.19. The van der Waals surface area contributed by atoms with Gasteiger partial charge in [0, 0.05) is 30.6 Å². The van der Waals surface area contributed by atoms with Gasteiger partial charge in [-0.05, 0) is 37.0 Å². The largest absolute Gasteiger partial charge is 0.330 e. The first-order chi connectivity index (χ1) is 14.0. The number of aromatic nitrogens is 5. The molecule has 0 bridgehead atoms. The number of halogens is 1. The highest BCUT2D eigenvalue weighted by atomic mass is 35.5. The third-order valence-electron chi connectivity index (χ3n) is 5.59. The molecule has 1 aromatic carbocycles. The molecule has 0 saturated carbocycles. The Kier molecular flexibility index (Phi) is 4.13. The van der Waals surface area contributed by atoms with Crippen molar-refractivity contribution in [2.45, 2.75) is 26.3 Å². The van der Waals surface area contributed by atoms with Crippen LogP contribution in [-0.2, 0) is 6.42 Å². The summed E-state index contributed by atoms with van der Waals surface area (Å²) in [5.74, 6) is -0.108. The monoisotopic (exact) mass is 406 g/mol. The van der Waals surface area contributed by atoms with Crippen molar-refractivity contribution in [2.24, 2.45) is 0 Å². The van der Waals surface area contributed by atoms with Gasteiger partial charge in [-0.2, -0.15) is 10.2 Å². The number of aromatic amines is 1. The van der Waals surface area contributed by atoms with E-state index < -0.39 is 0 Å². The van der Waals surface area contributed by atoms with Gasteiger partial charge in [-0.15, -0.1) is 0 Å². The minimum absolute atomic E-state index is 0.0851. The van der Waals surface area contributed by atoms with Crippen LogP contribution in [0.5, 0.6) is 0 Å². The standard InChI is InChI=1S/C21H19ClN6O/c1-12-17(10-24-25-12)16-5-3-4-14-6-7-27(13(2)20(14)16)21(29)18-8-19-23-9-15(22)11-28(19)26-18/h3-5,8-11,13H,6-7H2,1-2H3,(H,24,25).